The standard InChI is InChI=1S/C16H30N6S/c1-11-8-12(2)19-15(17-9-11)20-13-4-3-5-14(7-6-13)21-16-18-10-23-22-16/h11-14H,3-10H2,1-2H3,(H2,17,19,20)(H2,18,21,22). The van der Waals surface area contributed by atoms with Crippen LogP contribution in [0.1, 0.15) is 52.4 Å². The van der Waals surface area contributed by atoms with Crippen LogP contribution in [0.25, 0.3) is 0 Å². The van der Waals surface area contributed by atoms with Gasteiger partial charge in [-0.25, -0.2) is 4.99 Å². The Hall–Kier alpha value is -1.11. The molecule has 4 unspecified atom stereocenters. The SMILES string of the molecule is CC1CN=C(NC2CCCC(NC3=NCSN3)CC2)NC(C)C1. The Morgan fingerprint density at radius 3 is 2.43 bits per heavy atom. The highest BCUT2D eigenvalue weighted by molar-refractivity contribution is 7.98. The van der Waals surface area contributed by atoms with Crippen LogP contribution < -0.4 is 20.7 Å². The van der Waals surface area contributed by atoms with Gasteiger partial charge in [0.05, 0.1) is 0 Å². The smallest absolute Gasteiger partial charge is 0.202 e. The Labute approximate surface area is 143 Å². The molecule has 7 heteroatoms. The first-order chi connectivity index (χ1) is 11.2. The molecule has 4 atom stereocenters. The second kappa shape index (κ2) is 8.13. The first kappa shape index (κ1) is 16.7. The molecule has 4 N–H and O–H groups in total. The first-order valence-electron chi connectivity index (χ1n) is 8.95. The van der Waals surface area contributed by atoms with Crippen molar-refractivity contribution in [2.45, 2.75) is 70.5 Å². The van der Waals surface area contributed by atoms with Crippen LogP contribution in [0.3, 0.4) is 0 Å². The number of nitrogens with one attached hydrogen (secondary N) is 4. The van der Waals surface area contributed by atoms with E-state index in [2.05, 4.69) is 39.5 Å². The zero-order valence-corrected chi connectivity index (χ0v) is 15.1. The third-order valence-electron chi connectivity index (χ3n) is 4.81. The predicted molar refractivity (Wildman–Crippen MR) is 98.6 cm³/mol. The van der Waals surface area contributed by atoms with Gasteiger partial charge < -0.3 is 16.0 Å². The molecule has 0 aromatic carbocycles. The molecule has 130 valence electrons. The highest BCUT2D eigenvalue weighted by Crippen LogP contribution is 2.19. The number of aliphatic imine (C=N–C) groups is 2. The highest BCUT2D eigenvalue weighted by Gasteiger charge is 2.22. The van der Waals surface area contributed by atoms with E-state index in [-0.39, 0.29) is 0 Å². The van der Waals surface area contributed by atoms with Gasteiger partial charge in [-0.1, -0.05) is 6.92 Å². The van der Waals surface area contributed by atoms with Crippen molar-refractivity contribution < 1.29 is 0 Å². The van der Waals surface area contributed by atoms with Crippen molar-refractivity contribution in [2.75, 3.05) is 12.4 Å². The van der Waals surface area contributed by atoms with E-state index in [0.29, 0.717) is 24.0 Å². The molecule has 23 heavy (non-hydrogen) atoms. The van der Waals surface area contributed by atoms with Gasteiger partial charge in [-0.2, -0.15) is 0 Å². The third kappa shape index (κ3) is 5.19. The molecule has 3 rings (SSSR count). The van der Waals surface area contributed by atoms with Crippen molar-refractivity contribution >= 4 is 23.9 Å². The second-order valence-electron chi connectivity index (χ2n) is 7.15. The van der Waals surface area contributed by atoms with Crippen molar-refractivity contribution in [2.24, 2.45) is 15.9 Å². The lowest BCUT2D eigenvalue weighted by atomic mass is 10.0. The lowest BCUT2D eigenvalue weighted by molar-refractivity contribution is 0.477. The quantitative estimate of drug-likeness (QED) is 0.456. The normalized spacial score (nSPS) is 35.0. The summed E-state index contributed by atoms with van der Waals surface area (Å²) in [6.45, 7) is 5.46. The van der Waals surface area contributed by atoms with Crippen LogP contribution in [0.4, 0.5) is 0 Å². The zero-order chi connectivity index (χ0) is 16.1. The van der Waals surface area contributed by atoms with Crippen molar-refractivity contribution in [3.8, 4) is 0 Å². The second-order valence-corrected chi connectivity index (χ2v) is 7.90. The van der Waals surface area contributed by atoms with Gasteiger partial charge in [0.15, 0.2) is 5.96 Å². The molecule has 0 aromatic rings. The molecule has 0 spiro atoms. The van der Waals surface area contributed by atoms with Gasteiger partial charge in [-0.05, 0) is 63.3 Å². The van der Waals surface area contributed by atoms with Gasteiger partial charge in [0.1, 0.15) is 5.88 Å². The van der Waals surface area contributed by atoms with Crippen molar-refractivity contribution in [1.29, 1.82) is 0 Å². The van der Waals surface area contributed by atoms with E-state index < -0.39 is 0 Å². The van der Waals surface area contributed by atoms with E-state index in [1.165, 1.54) is 38.5 Å². The number of guanidine groups is 2. The fourth-order valence-electron chi connectivity index (χ4n) is 3.63. The van der Waals surface area contributed by atoms with Crippen LogP contribution >= 0.6 is 11.9 Å². The third-order valence-corrected chi connectivity index (χ3v) is 5.40. The fraction of sp³-hybridized carbons (Fsp3) is 0.875. The maximum atomic E-state index is 4.73. The summed E-state index contributed by atoms with van der Waals surface area (Å²) in [6, 6.07) is 1.57. The average molecular weight is 339 g/mol. The van der Waals surface area contributed by atoms with Gasteiger partial charge in [0, 0.05) is 24.7 Å². The van der Waals surface area contributed by atoms with Crippen molar-refractivity contribution in [3.63, 3.8) is 0 Å². The molecule has 3 aliphatic rings. The van der Waals surface area contributed by atoms with Crippen LogP contribution in [0.5, 0.6) is 0 Å². The molecule has 0 saturated heterocycles. The molecule has 0 amide bonds. The summed E-state index contributed by atoms with van der Waals surface area (Å²) in [5.74, 6) is 3.46. The van der Waals surface area contributed by atoms with E-state index in [9.17, 15) is 0 Å². The molecular weight excluding hydrogens is 308 g/mol. The van der Waals surface area contributed by atoms with E-state index in [1.807, 2.05) is 0 Å². The van der Waals surface area contributed by atoms with Gasteiger partial charge in [-0.15, -0.1) is 0 Å². The van der Waals surface area contributed by atoms with Crippen LogP contribution in [-0.2, 0) is 0 Å². The summed E-state index contributed by atoms with van der Waals surface area (Å²) < 4.78 is 3.23. The fourth-order valence-corrected chi connectivity index (χ4v) is 4.15. The molecule has 1 saturated carbocycles. The summed E-state index contributed by atoms with van der Waals surface area (Å²) >= 11 is 1.65. The van der Waals surface area contributed by atoms with Crippen LogP contribution in [0.15, 0.2) is 9.98 Å². The molecular formula is C16H30N6S. The lowest BCUT2D eigenvalue weighted by Crippen LogP contribution is -2.46. The zero-order valence-electron chi connectivity index (χ0n) is 14.3. The number of hydrogen-bond acceptors (Lipinski definition) is 7. The summed E-state index contributed by atoms with van der Waals surface area (Å²) in [4.78, 5) is 9.14. The van der Waals surface area contributed by atoms with Gasteiger partial charge in [0.2, 0.25) is 5.96 Å². The van der Waals surface area contributed by atoms with Crippen molar-refractivity contribution in [1.82, 2.24) is 20.7 Å². The molecule has 0 aromatic heterocycles. The van der Waals surface area contributed by atoms with Crippen LogP contribution in [0.2, 0.25) is 0 Å². The Balaban J connectivity index is 1.47. The Bertz CT molecular complexity index is 452. The van der Waals surface area contributed by atoms with E-state index >= 15 is 0 Å². The molecule has 6 nitrogen and oxygen atoms in total. The molecule has 0 radical (unpaired) electrons. The first-order valence-corrected chi connectivity index (χ1v) is 9.94. The van der Waals surface area contributed by atoms with E-state index in [1.54, 1.807) is 11.9 Å². The molecule has 2 heterocycles. The molecule has 1 fully saturated rings. The minimum absolute atomic E-state index is 0.503. The van der Waals surface area contributed by atoms with Gasteiger partial charge in [-0.3, -0.25) is 9.71 Å². The summed E-state index contributed by atoms with van der Waals surface area (Å²) in [6.07, 6.45) is 7.24. The van der Waals surface area contributed by atoms with Crippen LogP contribution in [-0.4, -0.2) is 42.5 Å². The predicted octanol–water partition coefficient (Wildman–Crippen LogP) is 1.81. The minimum atomic E-state index is 0.503. The van der Waals surface area contributed by atoms with Crippen molar-refractivity contribution in [3.05, 3.63) is 0 Å². The number of hydrogen-bond donors (Lipinski definition) is 4. The number of rotatable bonds is 2. The molecule has 2 aliphatic heterocycles. The summed E-state index contributed by atoms with van der Waals surface area (Å²) in [5.41, 5.74) is 0. The number of nitrogens with zero attached hydrogens (tertiary/aromatic N) is 2. The highest BCUT2D eigenvalue weighted by atomic mass is 32.2. The Morgan fingerprint density at radius 2 is 1.74 bits per heavy atom. The largest absolute Gasteiger partial charge is 0.354 e. The van der Waals surface area contributed by atoms with Gasteiger partial charge in [0.25, 0.3) is 0 Å². The molecule has 1 aliphatic carbocycles. The summed E-state index contributed by atoms with van der Waals surface area (Å²) in [5, 5.41) is 10.8. The Morgan fingerprint density at radius 1 is 1.00 bits per heavy atom. The van der Waals surface area contributed by atoms with Crippen LogP contribution in [0, 0.1) is 5.92 Å². The summed E-state index contributed by atoms with van der Waals surface area (Å²) in [7, 11) is 0. The maximum absolute atomic E-state index is 4.73. The minimum Gasteiger partial charge on any atom is -0.354 e. The average Bonchev–Trinajstić information content (AvgIpc) is 2.85. The maximum Gasteiger partial charge on any atom is 0.202 e. The topological polar surface area (TPSA) is 72.8 Å². The van der Waals surface area contributed by atoms with E-state index in [0.717, 1.165) is 24.3 Å². The molecule has 0 bridgehead atoms. The monoisotopic (exact) mass is 338 g/mol. The van der Waals surface area contributed by atoms with E-state index in [4.69, 9.17) is 4.99 Å². The van der Waals surface area contributed by atoms with Gasteiger partial charge >= 0.3 is 0 Å². The Kier molecular flexibility index (Phi) is 5.91. The lowest BCUT2D eigenvalue weighted by Gasteiger charge is -2.22.